The fraction of sp³-hybridized carbons (Fsp3) is 0.750. The van der Waals surface area contributed by atoms with Gasteiger partial charge in [-0.1, -0.05) is 31.0 Å². The molecule has 17 heavy (non-hydrogen) atoms. The molecule has 3 nitrogen and oxygen atoms in total. The normalized spacial score (nSPS) is 9.35. The molecule has 0 saturated heterocycles. The second kappa shape index (κ2) is 12.4. The fourth-order valence-corrected chi connectivity index (χ4v) is 1.31. The molecule has 0 aliphatic rings. The number of esters is 1. The Balaban J connectivity index is 0. The second-order valence-electron chi connectivity index (χ2n) is 4.13. The lowest BCUT2D eigenvalue weighted by Crippen LogP contribution is -2.20. The van der Waals surface area contributed by atoms with Crippen molar-refractivity contribution >= 4 is 29.2 Å². The summed E-state index contributed by atoms with van der Waals surface area (Å²) in [6.07, 6.45) is 0. The van der Waals surface area contributed by atoms with E-state index in [1.165, 1.54) is 10.6 Å². The van der Waals surface area contributed by atoms with Gasteiger partial charge in [0, 0.05) is 12.1 Å². The predicted octanol–water partition coefficient (Wildman–Crippen LogP) is 2.92. The summed E-state index contributed by atoms with van der Waals surface area (Å²) in [6.45, 7) is 10.6. The Labute approximate surface area is 114 Å². The van der Waals surface area contributed by atoms with E-state index >= 15 is 0 Å². The molecule has 0 saturated carbocycles. The third-order valence-corrected chi connectivity index (χ3v) is 5.63. The molecule has 0 fully saturated rings. The number of hydrogen-bond donors (Lipinski definition) is 0. The number of rotatable bonds is 6. The van der Waals surface area contributed by atoms with Crippen LogP contribution >= 0.6 is 10.0 Å². The average Bonchev–Trinajstić information content (AvgIpc) is 2.28. The van der Waals surface area contributed by atoms with E-state index in [1.54, 1.807) is 6.92 Å². The molecular formula is C12H25AlClNO2. The number of ether oxygens (including phenoxy) is 1. The number of likely N-dealkylation sites (N-methyl/N-ethyl adjacent to an activating group) is 1. The zero-order valence-electron chi connectivity index (χ0n) is 11.8. The molecule has 0 unspecified atom stereocenters. The van der Waals surface area contributed by atoms with Gasteiger partial charge in [-0.3, -0.25) is 10.0 Å². The first kappa shape index (κ1) is 19.3. The van der Waals surface area contributed by atoms with Crippen molar-refractivity contribution in [3.05, 3.63) is 12.2 Å². The maximum absolute atomic E-state index is 10.8. The first-order valence-electron chi connectivity index (χ1n) is 5.96. The fourth-order valence-electron chi connectivity index (χ4n) is 0.733. The molecule has 0 spiro atoms. The molecule has 0 atom stereocenters. The van der Waals surface area contributed by atoms with E-state index in [9.17, 15) is 4.79 Å². The van der Waals surface area contributed by atoms with E-state index in [-0.39, 0.29) is 5.97 Å². The highest BCUT2D eigenvalue weighted by atomic mass is 35.6. The van der Waals surface area contributed by atoms with Crippen LogP contribution in [0.2, 0.25) is 10.6 Å². The average molecular weight is 278 g/mol. The lowest BCUT2D eigenvalue weighted by molar-refractivity contribution is -0.139. The maximum atomic E-state index is 10.8. The number of carbonyl (C=O) groups excluding carboxylic acids is 1. The first-order chi connectivity index (χ1) is 7.84. The SMILES string of the molecule is C=C(C)C(=O)OCCN(C)C.C[CH2][Al]([Cl])[CH2]C. The van der Waals surface area contributed by atoms with Crippen LogP contribution in [0.25, 0.3) is 0 Å². The minimum Gasteiger partial charge on any atom is -0.461 e. The van der Waals surface area contributed by atoms with Gasteiger partial charge in [-0.2, -0.15) is 0 Å². The summed E-state index contributed by atoms with van der Waals surface area (Å²) in [4.78, 5) is 12.7. The van der Waals surface area contributed by atoms with Gasteiger partial charge in [0.05, 0.1) is 0 Å². The Kier molecular flexibility index (Phi) is 14.2. The summed E-state index contributed by atoms with van der Waals surface area (Å²) in [5.74, 6) is -0.313. The van der Waals surface area contributed by atoms with E-state index in [0.29, 0.717) is 12.2 Å². The molecule has 0 aromatic carbocycles. The molecule has 0 aromatic heterocycles. The van der Waals surface area contributed by atoms with Crippen LogP contribution in [0.1, 0.15) is 20.8 Å². The van der Waals surface area contributed by atoms with Gasteiger partial charge in [0.2, 0.25) is 0 Å². The van der Waals surface area contributed by atoms with E-state index in [1.807, 2.05) is 19.0 Å². The van der Waals surface area contributed by atoms with Gasteiger partial charge >= 0.3 is 19.2 Å². The van der Waals surface area contributed by atoms with Crippen molar-refractivity contribution in [1.82, 2.24) is 4.90 Å². The smallest absolute Gasteiger partial charge is 0.399 e. The van der Waals surface area contributed by atoms with Crippen LogP contribution in [-0.2, 0) is 9.53 Å². The summed E-state index contributed by atoms with van der Waals surface area (Å²) >= 11 is -0.688. The quantitative estimate of drug-likeness (QED) is 0.425. The lowest BCUT2D eigenvalue weighted by Gasteiger charge is -2.09. The van der Waals surface area contributed by atoms with Crippen molar-refractivity contribution in [1.29, 1.82) is 0 Å². The maximum Gasteiger partial charge on any atom is 0.399 e. The molecule has 0 amide bonds. The molecule has 0 aliphatic heterocycles. The van der Waals surface area contributed by atoms with Crippen LogP contribution in [-0.4, -0.2) is 51.3 Å². The highest BCUT2D eigenvalue weighted by Crippen LogP contribution is 2.00. The standard InChI is InChI=1S/C8H15NO2.2C2H5.Al.ClH/c1-7(2)8(10)11-6-5-9(3)4;2*1-2;;/h1,5-6H2,2-4H3;2*1H2,2H3;;1H/q;;;+1;/p-1. The molecule has 0 radical (unpaired) electrons. The summed E-state index contributed by atoms with van der Waals surface area (Å²) in [5, 5.41) is 2.47. The molecule has 0 aromatic rings. The van der Waals surface area contributed by atoms with Crippen LogP contribution < -0.4 is 0 Å². The van der Waals surface area contributed by atoms with Gasteiger partial charge in [-0.05, 0) is 21.0 Å². The Hall–Kier alpha value is -0.00753. The Morgan fingerprint density at radius 1 is 1.35 bits per heavy atom. The molecular weight excluding hydrogens is 253 g/mol. The number of nitrogens with zero attached hydrogens (tertiary/aromatic N) is 1. The van der Waals surface area contributed by atoms with Crippen LogP contribution in [0, 0.1) is 0 Å². The summed E-state index contributed by atoms with van der Waals surface area (Å²) < 4.78 is 4.83. The van der Waals surface area contributed by atoms with Gasteiger partial charge in [-0.25, -0.2) is 4.79 Å². The minimum absolute atomic E-state index is 0.313. The Morgan fingerprint density at radius 3 is 2.06 bits per heavy atom. The molecule has 0 heterocycles. The lowest BCUT2D eigenvalue weighted by atomic mass is 10.4. The van der Waals surface area contributed by atoms with Crippen molar-refractivity contribution in [3.63, 3.8) is 0 Å². The topological polar surface area (TPSA) is 29.5 Å². The van der Waals surface area contributed by atoms with E-state index in [4.69, 9.17) is 14.8 Å². The monoisotopic (exact) mass is 277 g/mol. The van der Waals surface area contributed by atoms with Crippen molar-refractivity contribution in [2.75, 3.05) is 27.2 Å². The Bertz CT molecular complexity index is 219. The van der Waals surface area contributed by atoms with Crippen LogP contribution in [0.3, 0.4) is 0 Å². The number of hydrogen-bond acceptors (Lipinski definition) is 3. The molecule has 5 heteroatoms. The summed E-state index contributed by atoms with van der Waals surface area (Å²) in [6, 6.07) is 0. The minimum atomic E-state index is -0.688. The Morgan fingerprint density at radius 2 is 1.82 bits per heavy atom. The molecule has 100 valence electrons. The molecule has 0 rings (SSSR count). The molecule has 0 bridgehead atoms. The van der Waals surface area contributed by atoms with Crippen molar-refractivity contribution in [3.8, 4) is 0 Å². The van der Waals surface area contributed by atoms with Gasteiger partial charge in [0.1, 0.15) is 6.61 Å². The first-order valence-corrected chi connectivity index (χ1v) is 9.34. The second-order valence-corrected chi connectivity index (χ2v) is 8.81. The zero-order valence-corrected chi connectivity index (χ0v) is 13.7. The summed E-state index contributed by atoms with van der Waals surface area (Å²) in [7, 11) is 9.64. The van der Waals surface area contributed by atoms with Crippen molar-refractivity contribution in [2.24, 2.45) is 0 Å². The van der Waals surface area contributed by atoms with Gasteiger partial charge in [-0.15, -0.1) is 0 Å². The third-order valence-electron chi connectivity index (χ3n) is 2.01. The zero-order chi connectivity index (χ0) is 13.8. The third kappa shape index (κ3) is 16.0. The van der Waals surface area contributed by atoms with Crippen LogP contribution in [0.5, 0.6) is 0 Å². The van der Waals surface area contributed by atoms with Crippen molar-refractivity contribution < 1.29 is 9.53 Å². The van der Waals surface area contributed by atoms with Crippen LogP contribution in [0.4, 0.5) is 0 Å². The largest absolute Gasteiger partial charge is 0.461 e. The number of halogens is 1. The van der Waals surface area contributed by atoms with Gasteiger partial charge < -0.3 is 9.64 Å². The highest BCUT2D eigenvalue weighted by Gasteiger charge is 2.05. The van der Waals surface area contributed by atoms with Gasteiger partial charge in [0.25, 0.3) is 0 Å². The van der Waals surface area contributed by atoms with E-state index < -0.39 is 13.2 Å². The van der Waals surface area contributed by atoms with Gasteiger partial charge in [0.15, 0.2) is 0 Å². The predicted molar refractivity (Wildman–Crippen MR) is 76.9 cm³/mol. The van der Waals surface area contributed by atoms with Crippen molar-refractivity contribution in [2.45, 2.75) is 31.3 Å². The van der Waals surface area contributed by atoms with E-state index in [2.05, 4.69) is 20.4 Å². The summed E-state index contributed by atoms with van der Waals surface area (Å²) in [5.41, 5.74) is 0.448. The van der Waals surface area contributed by atoms with Crippen LogP contribution in [0.15, 0.2) is 12.2 Å². The molecule has 0 N–H and O–H groups in total. The highest BCUT2D eigenvalue weighted by molar-refractivity contribution is 7.06. The van der Waals surface area contributed by atoms with E-state index in [0.717, 1.165) is 6.54 Å². The number of carbonyl (C=O) groups is 1. The molecule has 0 aliphatic carbocycles.